The molecular formula is C15H10N2O3S. The van der Waals surface area contributed by atoms with Gasteiger partial charge in [-0.1, -0.05) is 0 Å². The Hall–Kier alpha value is -2.65. The quantitative estimate of drug-likeness (QED) is 0.742. The van der Waals surface area contributed by atoms with Gasteiger partial charge >= 0.3 is 0 Å². The first-order valence-electron chi connectivity index (χ1n) is 6.15. The summed E-state index contributed by atoms with van der Waals surface area (Å²) in [4.78, 5) is 12.4. The van der Waals surface area contributed by atoms with Crippen LogP contribution >= 0.6 is 0 Å². The number of carbonyl (C=O) groups is 1. The minimum Gasteiger partial charge on any atom is -0.388 e. The molecular weight excluding hydrogens is 288 g/mol. The van der Waals surface area contributed by atoms with E-state index in [1.54, 1.807) is 13.1 Å². The highest BCUT2D eigenvalue weighted by Crippen LogP contribution is 2.35. The molecule has 0 saturated carbocycles. The number of hydrogen-bond acceptors (Lipinski definition) is 5. The lowest BCUT2D eigenvalue weighted by molar-refractivity contribution is 0.103. The fourth-order valence-corrected chi connectivity index (χ4v) is 4.02. The van der Waals surface area contributed by atoms with Gasteiger partial charge < -0.3 is 5.32 Å². The van der Waals surface area contributed by atoms with E-state index in [4.69, 9.17) is 5.26 Å². The average Bonchev–Trinajstić information content (AvgIpc) is 2.52. The maximum absolute atomic E-state index is 12.6. The van der Waals surface area contributed by atoms with Gasteiger partial charge in [0.2, 0.25) is 9.84 Å². The number of benzene rings is 2. The van der Waals surface area contributed by atoms with Crippen LogP contribution in [0.2, 0.25) is 0 Å². The topological polar surface area (TPSA) is 87.0 Å². The third kappa shape index (κ3) is 1.82. The van der Waals surface area contributed by atoms with Crippen LogP contribution < -0.4 is 5.32 Å². The molecule has 0 aromatic heterocycles. The number of fused-ring (bicyclic) bond motifs is 2. The highest BCUT2D eigenvalue weighted by atomic mass is 32.2. The molecule has 2 aromatic carbocycles. The van der Waals surface area contributed by atoms with Crippen LogP contribution in [0.4, 0.5) is 5.69 Å². The molecule has 1 N–H and O–H groups in total. The van der Waals surface area contributed by atoms with Crippen molar-refractivity contribution in [2.24, 2.45) is 0 Å². The van der Waals surface area contributed by atoms with Crippen molar-refractivity contribution in [1.29, 1.82) is 5.26 Å². The Kier molecular flexibility index (Phi) is 2.81. The van der Waals surface area contributed by atoms with Crippen molar-refractivity contribution in [2.75, 3.05) is 12.4 Å². The number of rotatable bonds is 1. The zero-order valence-electron chi connectivity index (χ0n) is 11.0. The number of anilines is 1. The predicted molar refractivity (Wildman–Crippen MR) is 76.0 cm³/mol. The van der Waals surface area contributed by atoms with E-state index in [0.29, 0.717) is 5.69 Å². The number of nitrogens with zero attached hydrogens (tertiary/aromatic N) is 1. The van der Waals surface area contributed by atoms with E-state index < -0.39 is 9.84 Å². The van der Waals surface area contributed by atoms with Crippen LogP contribution in [0.1, 0.15) is 21.5 Å². The summed E-state index contributed by atoms with van der Waals surface area (Å²) in [6.45, 7) is 0. The number of ketones is 1. The number of hydrogen-bond donors (Lipinski definition) is 1. The van der Waals surface area contributed by atoms with Crippen LogP contribution in [0.15, 0.2) is 46.2 Å². The first kappa shape index (κ1) is 13.3. The fraction of sp³-hybridized carbons (Fsp3) is 0.0667. The Morgan fingerprint density at radius 2 is 1.81 bits per heavy atom. The number of nitrogens with one attached hydrogen (secondary N) is 1. The summed E-state index contributed by atoms with van der Waals surface area (Å²) in [7, 11) is -2.10. The van der Waals surface area contributed by atoms with Gasteiger partial charge in [0.1, 0.15) is 0 Å². The second-order valence-electron chi connectivity index (χ2n) is 4.62. The van der Waals surface area contributed by atoms with Crippen molar-refractivity contribution < 1.29 is 13.2 Å². The molecule has 0 radical (unpaired) electrons. The molecule has 21 heavy (non-hydrogen) atoms. The average molecular weight is 298 g/mol. The zero-order valence-corrected chi connectivity index (χ0v) is 11.9. The van der Waals surface area contributed by atoms with Crippen LogP contribution in [-0.4, -0.2) is 21.2 Å². The van der Waals surface area contributed by atoms with E-state index in [-0.39, 0.29) is 32.3 Å². The van der Waals surface area contributed by atoms with Gasteiger partial charge in [0.05, 0.1) is 21.4 Å². The van der Waals surface area contributed by atoms with Crippen LogP contribution in [0, 0.1) is 11.3 Å². The molecule has 6 heteroatoms. The Morgan fingerprint density at radius 3 is 2.48 bits per heavy atom. The normalized spacial score (nSPS) is 14.8. The molecule has 5 nitrogen and oxygen atoms in total. The molecule has 0 spiro atoms. The van der Waals surface area contributed by atoms with Gasteiger partial charge in [-0.2, -0.15) is 5.26 Å². The van der Waals surface area contributed by atoms with E-state index in [0.717, 1.165) is 0 Å². The Labute approximate surface area is 121 Å². The van der Waals surface area contributed by atoms with Crippen molar-refractivity contribution in [1.82, 2.24) is 0 Å². The summed E-state index contributed by atoms with van der Waals surface area (Å²) in [6.07, 6.45) is 0. The lowest BCUT2D eigenvalue weighted by atomic mass is 10.0. The molecule has 1 aliphatic heterocycles. The molecule has 104 valence electrons. The molecule has 0 bridgehead atoms. The van der Waals surface area contributed by atoms with Crippen LogP contribution in [0.3, 0.4) is 0 Å². The number of nitriles is 1. The molecule has 0 amide bonds. The molecule has 0 unspecified atom stereocenters. The van der Waals surface area contributed by atoms with Crippen molar-refractivity contribution >= 4 is 21.3 Å². The van der Waals surface area contributed by atoms with Gasteiger partial charge in [-0.05, 0) is 36.4 Å². The summed E-state index contributed by atoms with van der Waals surface area (Å²) >= 11 is 0. The molecule has 1 aliphatic rings. The van der Waals surface area contributed by atoms with Gasteiger partial charge in [-0.25, -0.2) is 8.42 Å². The minimum absolute atomic E-state index is 0.0194. The third-order valence-corrected chi connectivity index (χ3v) is 5.30. The lowest BCUT2D eigenvalue weighted by Crippen LogP contribution is -2.20. The molecule has 0 aliphatic carbocycles. The fourth-order valence-electron chi connectivity index (χ4n) is 2.36. The summed E-state index contributed by atoms with van der Waals surface area (Å²) in [5.74, 6) is -0.351. The Bertz CT molecular complexity index is 924. The minimum atomic E-state index is -3.79. The molecule has 2 aromatic rings. The van der Waals surface area contributed by atoms with Gasteiger partial charge in [0, 0.05) is 23.9 Å². The Balaban J connectivity index is 2.36. The second-order valence-corrected chi connectivity index (χ2v) is 6.50. The van der Waals surface area contributed by atoms with Crippen LogP contribution in [0.5, 0.6) is 0 Å². The number of sulfone groups is 1. The lowest BCUT2D eigenvalue weighted by Gasteiger charge is -2.19. The van der Waals surface area contributed by atoms with E-state index in [2.05, 4.69) is 5.32 Å². The summed E-state index contributed by atoms with van der Waals surface area (Å²) in [5.41, 5.74) is 1.13. The molecule has 0 fully saturated rings. The third-order valence-electron chi connectivity index (χ3n) is 3.45. The maximum Gasteiger partial charge on any atom is 0.208 e. The van der Waals surface area contributed by atoms with Gasteiger partial charge in [-0.15, -0.1) is 0 Å². The van der Waals surface area contributed by atoms with E-state index in [1.807, 2.05) is 6.07 Å². The zero-order chi connectivity index (χ0) is 15.2. The van der Waals surface area contributed by atoms with Crippen molar-refractivity contribution in [2.45, 2.75) is 9.79 Å². The maximum atomic E-state index is 12.6. The summed E-state index contributed by atoms with van der Waals surface area (Å²) < 4.78 is 25.3. The Morgan fingerprint density at radius 1 is 1.05 bits per heavy atom. The second kappa shape index (κ2) is 4.43. The van der Waals surface area contributed by atoms with Gasteiger partial charge in [0.15, 0.2) is 5.78 Å². The van der Waals surface area contributed by atoms with Crippen molar-refractivity contribution in [3.8, 4) is 6.07 Å². The first-order valence-corrected chi connectivity index (χ1v) is 7.63. The van der Waals surface area contributed by atoms with E-state index >= 15 is 0 Å². The van der Waals surface area contributed by atoms with E-state index in [9.17, 15) is 13.2 Å². The first-order chi connectivity index (χ1) is 9.98. The van der Waals surface area contributed by atoms with Gasteiger partial charge in [-0.3, -0.25) is 4.79 Å². The standard InChI is InChI=1S/C15H10N2O3S/c1-17-10-3-5-13-12(7-10)15(18)11-4-2-9(8-16)6-14(11)21(13,19)20/h2-7,17H,1H3. The summed E-state index contributed by atoms with van der Waals surface area (Å²) in [5, 5.41) is 11.8. The van der Waals surface area contributed by atoms with Crippen molar-refractivity contribution in [3.05, 3.63) is 53.1 Å². The molecule has 0 saturated heterocycles. The number of carbonyl (C=O) groups excluding carboxylic acids is 1. The van der Waals surface area contributed by atoms with Crippen LogP contribution in [-0.2, 0) is 9.84 Å². The van der Waals surface area contributed by atoms with Gasteiger partial charge in [0.25, 0.3) is 0 Å². The van der Waals surface area contributed by atoms with Crippen molar-refractivity contribution in [3.63, 3.8) is 0 Å². The van der Waals surface area contributed by atoms with E-state index in [1.165, 1.54) is 30.3 Å². The predicted octanol–water partition coefficient (Wildman–Crippen LogP) is 1.98. The highest BCUT2D eigenvalue weighted by Gasteiger charge is 2.35. The molecule has 3 rings (SSSR count). The highest BCUT2D eigenvalue weighted by molar-refractivity contribution is 7.91. The monoisotopic (exact) mass is 298 g/mol. The van der Waals surface area contributed by atoms with Crippen LogP contribution in [0.25, 0.3) is 0 Å². The molecule has 1 heterocycles. The smallest absolute Gasteiger partial charge is 0.208 e. The SMILES string of the molecule is CNc1ccc2c(c1)C(=O)c1ccc(C#N)cc1S2(=O)=O. The summed E-state index contributed by atoms with van der Waals surface area (Å²) in [6, 6.07) is 10.5. The molecule has 0 atom stereocenters. The largest absolute Gasteiger partial charge is 0.388 e.